The molecule has 0 amide bonds. The fourth-order valence-corrected chi connectivity index (χ4v) is 1.67. The summed E-state index contributed by atoms with van der Waals surface area (Å²) in [4.78, 5) is 14.0. The lowest BCUT2D eigenvalue weighted by Gasteiger charge is -2.06. The van der Waals surface area contributed by atoms with Crippen LogP contribution in [0.4, 0.5) is 8.78 Å². The Hall–Kier alpha value is -1.91. The molecule has 0 saturated carbocycles. The molecule has 5 heteroatoms. The predicted octanol–water partition coefficient (Wildman–Crippen LogP) is 2.88. The van der Waals surface area contributed by atoms with Crippen LogP contribution in [0.2, 0.25) is 0 Å². The van der Waals surface area contributed by atoms with E-state index in [9.17, 15) is 13.6 Å². The number of aromatic amines is 1. The van der Waals surface area contributed by atoms with Gasteiger partial charge in [-0.25, -0.2) is 13.6 Å². The van der Waals surface area contributed by atoms with Crippen LogP contribution in [-0.4, -0.2) is 17.6 Å². The molecule has 1 aromatic carbocycles. The van der Waals surface area contributed by atoms with E-state index in [0.717, 1.165) is 0 Å². The van der Waals surface area contributed by atoms with E-state index in [1.807, 2.05) is 0 Å². The maximum absolute atomic E-state index is 13.8. The standard InChI is InChI=1S/C12H11F2NO2/c1-2-17-12(16)11(14)9-6-15-10-5-7(13)3-4-8(9)10/h3-6,11,15H,2H2,1H3. The van der Waals surface area contributed by atoms with Crippen molar-refractivity contribution in [1.82, 2.24) is 4.98 Å². The van der Waals surface area contributed by atoms with Crippen LogP contribution < -0.4 is 0 Å². The molecule has 0 spiro atoms. The molecule has 1 heterocycles. The monoisotopic (exact) mass is 239 g/mol. The molecule has 1 unspecified atom stereocenters. The van der Waals surface area contributed by atoms with Gasteiger partial charge in [0.15, 0.2) is 0 Å². The number of aromatic nitrogens is 1. The highest BCUT2D eigenvalue weighted by Gasteiger charge is 2.24. The minimum Gasteiger partial charge on any atom is -0.464 e. The first-order valence-corrected chi connectivity index (χ1v) is 5.20. The van der Waals surface area contributed by atoms with Crippen molar-refractivity contribution < 1.29 is 18.3 Å². The summed E-state index contributed by atoms with van der Waals surface area (Å²) in [5.41, 5.74) is 0.616. The van der Waals surface area contributed by atoms with E-state index >= 15 is 0 Å². The normalized spacial score (nSPS) is 12.6. The Bertz CT molecular complexity index is 550. The Balaban J connectivity index is 2.39. The highest BCUT2D eigenvalue weighted by Crippen LogP contribution is 2.28. The van der Waals surface area contributed by atoms with Gasteiger partial charge in [-0.2, -0.15) is 0 Å². The van der Waals surface area contributed by atoms with E-state index in [4.69, 9.17) is 0 Å². The van der Waals surface area contributed by atoms with Crippen LogP contribution in [0, 0.1) is 5.82 Å². The minimum absolute atomic E-state index is 0.121. The number of carbonyl (C=O) groups is 1. The second-order valence-electron chi connectivity index (χ2n) is 3.55. The van der Waals surface area contributed by atoms with Crippen molar-refractivity contribution in [2.24, 2.45) is 0 Å². The zero-order chi connectivity index (χ0) is 12.4. The Labute approximate surface area is 96.4 Å². The summed E-state index contributed by atoms with van der Waals surface area (Å²) < 4.78 is 31.3. The molecule has 0 aliphatic rings. The lowest BCUT2D eigenvalue weighted by molar-refractivity contribution is -0.149. The van der Waals surface area contributed by atoms with Gasteiger partial charge in [-0.1, -0.05) is 0 Å². The average molecular weight is 239 g/mol. The molecule has 90 valence electrons. The second kappa shape index (κ2) is 4.53. The number of fused-ring (bicyclic) bond motifs is 1. The van der Waals surface area contributed by atoms with Gasteiger partial charge in [0.25, 0.3) is 0 Å². The first-order valence-electron chi connectivity index (χ1n) is 5.20. The molecule has 0 aliphatic carbocycles. The third kappa shape index (κ3) is 2.13. The number of H-pyrrole nitrogens is 1. The van der Waals surface area contributed by atoms with Crippen molar-refractivity contribution in [2.45, 2.75) is 13.1 Å². The summed E-state index contributed by atoms with van der Waals surface area (Å²) >= 11 is 0. The lowest BCUT2D eigenvalue weighted by Crippen LogP contribution is -2.11. The fourth-order valence-electron chi connectivity index (χ4n) is 1.67. The van der Waals surface area contributed by atoms with E-state index in [-0.39, 0.29) is 12.2 Å². The second-order valence-corrected chi connectivity index (χ2v) is 3.55. The van der Waals surface area contributed by atoms with Crippen LogP contribution >= 0.6 is 0 Å². The molecule has 2 rings (SSSR count). The maximum Gasteiger partial charge on any atom is 0.345 e. The van der Waals surface area contributed by atoms with E-state index in [0.29, 0.717) is 10.9 Å². The minimum atomic E-state index is -1.85. The van der Waals surface area contributed by atoms with E-state index in [1.165, 1.54) is 24.4 Å². The van der Waals surface area contributed by atoms with Gasteiger partial charge < -0.3 is 9.72 Å². The third-order valence-corrected chi connectivity index (χ3v) is 2.44. The van der Waals surface area contributed by atoms with Crippen LogP contribution in [-0.2, 0) is 9.53 Å². The fraction of sp³-hybridized carbons (Fsp3) is 0.250. The Morgan fingerprint density at radius 2 is 2.29 bits per heavy atom. The number of hydrogen-bond acceptors (Lipinski definition) is 2. The summed E-state index contributed by atoms with van der Waals surface area (Å²) in [6.07, 6.45) is -0.500. The number of hydrogen-bond donors (Lipinski definition) is 1. The number of halogens is 2. The van der Waals surface area contributed by atoms with Crippen molar-refractivity contribution in [1.29, 1.82) is 0 Å². The van der Waals surface area contributed by atoms with Crippen molar-refractivity contribution in [3.8, 4) is 0 Å². The number of carbonyl (C=O) groups excluding carboxylic acids is 1. The van der Waals surface area contributed by atoms with Crippen molar-refractivity contribution >= 4 is 16.9 Å². The van der Waals surface area contributed by atoms with Gasteiger partial charge in [0, 0.05) is 22.7 Å². The molecule has 1 atom stereocenters. The maximum atomic E-state index is 13.8. The molecule has 0 radical (unpaired) electrons. The summed E-state index contributed by atoms with van der Waals surface area (Å²) in [5, 5.41) is 0.479. The number of alkyl halides is 1. The first kappa shape index (κ1) is 11.6. The zero-order valence-corrected chi connectivity index (χ0v) is 9.17. The van der Waals surface area contributed by atoms with Crippen LogP contribution in [0.3, 0.4) is 0 Å². The van der Waals surface area contributed by atoms with Gasteiger partial charge in [-0.05, 0) is 25.1 Å². The van der Waals surface area contributed by atoms with Gasteiger partial charge in [-0.15, -0.1) is 0 Å². The average Bonchev–Trinajstić information content (AvgIpc) is 2.71. The molecule has 1 aromatic heterocycles. The van der Waals surface area contributed by atoms with Gasteiger partial charge in [-0.3, -0.25) is 0 Å². The highest BCUT2D eigenvalue weighted by molar-refractivity contribution is 5.89. The highest BCUT2D eigenvalue weighted by atomic mass is 19.1. The topological polar surface area (TPSA) is 42.1 Å². The van der Waals surface area contributed by atoms with E-state index in [1.54, 1.807) is 6.92 Å². The van der Waals surface area contributed by atoms with Crippen LogP contribution in [0.1, 0.15) is 18.7 Å². The van der Waals surface area contributed by atoms with Gasteiger partial charge in [0.05, 0.1) is 6.61 Å². The molecule has 0 fully saturated rings. The van der Waals surface area contributed by atoms with Crippen molar-refractivity contribution in [3.63, 3.8) is 0 Å². The van der Waals surface area contributed by atoms with Crippen LogP contribution in [0.5, 0.6) is 0 Å². The number of nitrogens with one attached hydrogen (secondary N) is 1. The quantitative estimate of drug-likeness (QED) is 0.837. The predicted molar refractivity (Wildman–Crippen MR) is 58.7 cm³/mol. The molecular formula is C12H11F2NO2. The smallest absolute Gasteiger partial charge is 0.345 e. The molecule has 0 bridgehead atoms. The molecule has 0 aliphatic heterocycles. The number of ether oxygens (including phenoxy) is 1. The Kier molecular flexibility index (Phi) is 3.08. The largest absolute Gasteiger partial charge is 0.464 e. The first-order chi connectivity index (χ1) is 8.13. The SMILES string of the molecule is CCOC(=O)C(F)c1c[nH]c2cc(F)ccc12. The Morgan fingerprint density at radius 3 is 3.00 bits per heavy atom. The van der Waals surface area contributed by atoms with Gasteiger partial charge >= 0.3 is 5.97 Å². The molecule has 0 saturated heterocycles. The summed E-state index contributed by atoms with van der Waals surface area (Å²) in [6.45, 7) is 1.73. The Morgan fingerprint density at radius 1 is 1.53 bits per heavy atom. The molecule has 2 aromatic rings. The number of esters is 1. The number of benzene rings is 1. The molecule has 3 nitrogen and oxygen atoms in total. The van der Waals surface area contributed by atoms with E-state index < -0.39 is 18.0 Å². The molecule has 1 N–H and O–H groups in total. The lowest BCUT2D eigenvalue weighted by atomic mass is 10.1. The van der Waals surface area contributed by atoms with Crippen molar-refractivity contribution in [3.05, 3.63) is 35.8 Å². The molecular weight excluding hydrogens is 228 g/mol. The third-order valence-electron chi connectivity index (χ3n) is 2.44. The van der Waals surface area contributed by atoms with Crippen LogP contribution in [0.15, 0.2) is 24.4 Å². The summed E-state index contributed by atoms with van der Waals surface area (Å²) in [7, 11) is 0. The van der Waals surface area contributed by atoms with E-state index in [2.05, 4.69) is 9.72 Å². The summed E-state index contributed by atoms with van der Waals surface area (Å²) in [6, 6.07) is 3.90. The van der Waals surface area contributed by atoms with Crippen molar-refractivity contribution in [2.75, 3.05) is 6.61 Å². The van der Waals surface area contributed by atoms with Gasteiger partial charge in [0.2, 0.25) is 6.17 Å². The van der Waals surface area contributed by atoms with Crippen LogP contribution in [0.25, 0.3) is 10.9 Å². The molecule has 17 heavy (non-hydrogen) atoms. The van der Waals surface area contributed by atoms with Gasteiger partial charge in [0.1, 0.15) is 5.82 Å². The summed E-state index contributed by atoms with van der Waals surface area (Å²) in [5.74, 6) is -1.35. The zero-order valence-electron chi connectivity index (χ0n) is 9.17. The number of rotatable bonds is 3.